The Morgan fingerprint density at radius 1 is 1.29 bits per heavy atom. The number of carbonyl (C=O) groups excluding carboxylic acids is 1. The normalized spacial score (nSPS) is 24.3. The van der Waals surface area contributed by atoms with E-state index in [2.05, 4.69) is 25.5 Å². The number of likely N-dealkylation sites (tertiary alicyclic amines) is 1. The van der Waals surface area contributed by atoms with Crippen LogP contribution in [0.1, 0.15) is 37.1 Å². The maximum Gasteiger partial charge on any atom is 0.237 e. The molecule has 6 rings (SSSR count). The molecule has 1 spiro atoms. The van der Waals surface area contributed by atoms with Crippen LogP contribution in [0.5, 0.6) is 5.75 Å². The molecule has 3 aliphatic rings. The summed E-state index contributed by atoms with van der Waals surface area (Å²) in [6.45, 7) is 1.86. The minimum Gasteiger partial charge on any atom is -0.490 e. The number of rotatable bonds is 2. The molecule has 2 aromatic heterocycles. The number of nitrogens with one attached hydrogen (secondary N) is 2. The van der Waals surface area contributed by atoms with Crippen molar-refractivity contribution in [2.75, 3.05) is 32.1 Å². The van der Waals surface area contributed by atoms with Crippen molar-refractivity contribution in [3.05, 3.63) is 29.5 Å². The predicted molar refractivity (Wildman–Crippen MR) is 134 cm³/mol. The number of likely N-dealkylation sites (N-methyl/N-ethyl adjacent to an activating group) is 1. The molecule has 3 N–H and O–H groups in total. The highest BCUT2D eigenvalue weighted by molar-refractivity contribution is 7.15. The summed E-state index contributed by atoms with van der Waals surface area (Å²) >= 11 is 1.45. The lowest BCUT2D eigenvalue weighted by Crippen LogP contribution is -2.55. The predicted octanol–water partition coefficient (Wildman–Crippen LogP) is 2.80. The summed E-state index contributed by atoms with van der Waals surface area (Å²) in [5.41, 5.74) is 2.29. The molecular weight excluding hydrogens is 464 g/mol. The van der Waals surface area contributed by atoms with Crippen LogP contribution in [0.2, 0.25) is 0 Å². The second-order valence-corrected chi connectivity index (χ2v) is 11.2. The molecule has 4 heterocycles. The number of anilines is 1. The van der Waals surface area contributed by atoms with Gasteiger partial charge in [-0.2, -0.15) is 0 Å². The van der Waals surface area contributed by atoms with Crippen molar-refractivity contribution in [1.82, 2.24) is 25.2 Å². The summed E-state index contributed by atoms with van der Waals surface area (Å²) in [5.74, 6) is 1.46. The van der Waals surface area contributed by atoms with E-state index in [4.69, 9.17) is 9.72 Å². The van der Waals surface area contributed by atoms with Crippen molar-refractivity contribution in [1.29, 1.82) is 0 Å². The fraction of sp³-hybridized carbons (Fsp3) is 0.520. The first-order chi connectivity index (χ1) is 17.0. The van der Waals surface area contributed by atoms with Gasteiger partial charge >= 0.3 is 0 Å². The number of amides is 1. The topological polar surface area (TPSA) is 113 Å². The van der Waals surface area contributed by atoms with E-state index < -0.39 is 0 Å². The average molecular weight is 495 g/mol. The van der Waals surface area contributed by atoms with Crippen LogP contribution in [-0.4, -0.2) is 69.7 Å². The van der Waals surface area contributed by atoms with E-state index in [0.717, 1.165) is 54.6 Å². The van der Waals surface area contributed by atoms with E-state index in [-0.39, 0.29) is 30.0 Å². The number of piperidine rings is 1. The number of nitrogens with zero attached hydrogens (tertiary/aromatic N) is 4. The number of aromatic nitrogens is 3. The highest BCUT2D eigenvalue weighted by Crippen LogP contribution is 2.44. The van der Waals surface area contributed by atoms with Gasteiger partial charge in [0, 0.05) is 36.3 Å². The Morgan fingerprint density at radius 2 is 2.17 bits per heavy atom. The Bertz CT molecular complexity index is 1260. The number of ether oxygens (including phenoxy) is 1. The van der Waals surface area contributed by atoms with Gasteiger partial charge in [-0.25, -0.2) is 9.97 Å². The van der Waals surface area contributed by atoms with Crippen LogP contribution in [0.4, 0.5) is 5.82 Å². The number of aliphatic hydroxyl groups is 1. The highest BCUT2D eigenvalue weighted by atomic mass is 32.1. The number of thiazole rings is 1. The molecule has 2 aliphatic heterocycles. The van der Waals surface area contributed by atoms with Crippen LogP contribution in [0.3, 0.4) is 0 Å². The summed E-state index contributed by atoms with van der Waals surface area (Å²) in [7, 11) is 2.02. The SMILES string of the molecule is CN1CC[C@H]2C[C@H]1C(=O)NCC1(CCC1)COc1c(-c3cnc(CO)s3)ccc3ncc(nc13)N2. The van der Waals surface area contributed by atoms with E-state index >= 15 is 0 Å². The number of benzene rings is 1. The summed E-state index contributed by atoms with van der Waals surface area (Å²) in [5, 5.41) is 17.0. The summed E-state index contributed by atoms with van der Waals surface area (Å²) in [6.07, 6.45) is 8.36. The van der Waals surface area contributed by atoms with E-state index in [0.29, 0.717) is 35.2 Å². The van der Waals surface area contributed by atoms with Gasteiger partial charge in [0.15, 0.2) is 5.75 Å². The van der Waals surface area contributed by atoms with Gasteiger partial charge in [0.05, 0.1) is 35.8 Å². The van der Waals surface area contributed by atoms with Gasteiger partial charge in [0.25, 0.3) is 0 Å². The molecule has 184 valence electrons. The second-order valence-electron chi connectivity index (χ2n) is 10.1. The van der Waals surface area contributed by atoms with Gasteiger partial charge in [-0.1, -0.05) is 6.42 Å². The zero-order chi connectivity index (χ0) is 24.0. The molecule has 2 atom stereocenters. The zero-order valence-corrected chi connectivity index (χ0v) is 20.6. The minimum atomic E-state index is -0.162. The molecule has 1 saturated carbocycles. The summed E-state index contributed by atoms with van der Waals surface area (Å²) in [6, 6.07) is 3.93. The van der Waals surface area contributed by atoms with Gasteiger partial charge in [0.2, 0.25) is 5.91 Å². The fourth-order valence-electron chi connectivity index (χ4n) is 5.37. The van der Waals surface area contributed by atoms with Crippen molar-refractivity contribution in [3.8, 4) is 16.2 Å². The zero-order valence-electron chi connectivity index (χ0n) is 19.8. The molecular formula is C25H30N6O3S. The van der Waals surface area contributed by atoms with Crippen LogP contribution in [0, 0.1) is 5.41 Å². The van der Waals surface area contributed by atoms with Crippen molar-refractivity contribution < 1.29 is 14.6 Å². The number of fused-ring (bicyclic) bond motifs is 3. The van der Waals surface area contributed by atoms with Crippen LogP contribution in [-0.2, 0) is 11.4 Å². The lowest BCUT2D eigenvalue weighted by molar-refractivity contribution is -0.128. The fourth-order valence-corrected chi connectivity index (χ4v) is 6.17. The molecule has 0 unspecified atom stereocenters. The Morgan fingerprint density at radius 3 is 2.94 bits per heavy atom. The van der Waals surface area contributed by atoms with Crippen molar-refractivity contribution >= 4 is 34.1 Å². The first-order valence-electron chi connectivity index (χ1n) is 12.3. The van der Waals surface area contributed by atoms with Crippen LogP contribution < -0.4 is 15.4 Å². The molecule has 9 nitrogen and oxygen atoms in total. The van der Waals surface area contributed by atoms with Crippen LogP contribution in [0.15, 0.2) is 24.5 Å². The van der Waals surface area contributed by atoms with Gasteiger partial charge < -0.3 is 20.5 Å². The lowest BCUT2D eigenvalue weighted by atomic mass is 9.69. The molecule has 1 saturated heterocycles. The van der Waals surface area contributed by atoms with Crippen molar-refractivity contribution in [3.63, 3.8) is 0 Å². The molecule has 1 amide bonds. The largest absolute Gasteiger partial charge is 0.490 e. The van der Waals surface area contributed by atoms with Gasteiger partial charge in [-0.15, -0.1) is 11.3 Å². The molecule has 4 bridgehead atoms. The van der Waals surface area contributed by atoms with E-state index in [9.17, 15) is 9.90 Å². The van der Waals surface area contributed by atoms with E-state index in [1.165, 1.54) is 11.3 Å². The number of carbonyl (C=O) groups is 1. The first-order valence-corrected chi connectivity index (χ1v) is 13.1. The average Bonchev–Trinajstić information content (AvgIpc) is 3.32. The number of hydrogen-bond acceptors (Lipinski definition) is 9. The molecule has 1 aliphatic carbocycles. The molecule has 2 fully saturated rings. The van der Waals surface area contributed by atoms with Gasteiger partial charge in [-0.05, 0) is 44.9 Å². The monoisotopic (exact) mass is 494 g/mol. The van der Waals surface area contributed by atoms with Gasteiger partial charge in [0.1, 0.15) is 16.3 Å². The number of hydrogen-bond donors (Lipinski definition) is 3. The Balaban J connectivity index is 1.45. The second kappa shape index (κ2) is 9.00. The number of aliphatic hydroxyl groups excluding tert-OH is 1. The molecule has 0 radical (unpaired) electrons. The third kappa shape index (κ3) is 4.23. The van der Waals surface area contributed by atoms with Crippen molar-refractivity contribution in [2.45, 2.75) is 50.8 Å². The van der Waals surface area contributed by atoms with Crippen molar-refractivity contribution in [2.24, 2.45) is 5.41 Å². The van der Waals surface area contributed by atoms with Gasteiger partial charge in [-0.3, -0.25) is 14.7 Å². The third-order valence-corrected chi connectivity index (χ3v) is 8.74. The molecule has 35 heavy (non-hydrogen) atoms. The van der Waals surface area contributed by atoms with E-state index in [1.807, 2.05) is 19.2 Å². The highest BCUT2D eigenvalue weighted by Gasteiger charge is 2.40. The van der Waals surface area contributed by atoms with Crippen LogP contribution >= 0.6 is 11.3 Å². The standard InChI is InChI=1S/C25H30N6O3S/c1-31-8-5-15-9-18(31)24(33)28-13-25(6-2-7-25)14-34-23-16(19-10-27-21(12-32)35-19)3-4-17-22(23)30-20(29-15)11-26-17/h3-4,10-11,15,18,32H,2,5-9,12-14H2,1H3,(H,28,33)(H,29,30)/t15-,18-/m0/s1. The third-order valence-electron chi connectivity index (χ3n) is 7.72. The summed E-state index contributed by atoms with van der Waals surface area (Å²) < 4.78 is 6.58. The Labute approximate surface area is 207 Å². The maximum absolute atomic E-state index is 13.2. The molecule has 10 heteroatoms. The smallest absolute Gasteiger partial charge is 0.237 e. The Hall–Kier alpha value is -2.82. The summed E-state index contributed by atoms with van der Waals surface area (Å²) in [4.78, 5) is 30.2. The van der Waals surface area contributed by atoms with Crippen LogP contribution in [0.25, 0.3) is 21.5 Å². The van der Waals surface area contributed by atoms with E-state index in [1.54, 1.807) is 12.4 Å². The Kier molecular flexibility index (Phi) is 5.82. The maximum atomic E-state index is 13.2. The first kappa shape index (κ1) is 22.6. The quantitative estimate of drug-likeness (QED) is 0.499. The lowest BCUT2D eigenvalue weighted by Gasteiger charge is -2.43. The molecule has 1 aromatic carbocycles. The molecule has 3 aromatic rings. The minimum absolute atomic E-state index is 0.0842.